The van der Waals surface area contributed by atoms with Crippen LogP contribution in [0.2, 0.25) is 0 Å². The standard InChI is InChI=1S/C19H14BrFN4OS/c1-11-16(12-6-8-14(20)9-7-12)17-22-18(23-19(26)25(17)24-11)27-10-13-4-2-3-5-15(13)21/h2-9H,10H2,1H3,(H,22,23,26). The van der Waals surface area contributed by atoms with E-state index in [2.05, 4.69) is 31.0 Å². The second-order valence-corrected chi connectivity index (χ2v) is 7.81. The van der Waals surface area contributed by atoms with Crippen molar-refractivity contribution in [2.75, 3.05) is 0 Å². The maximum absolute atomic E-state index is 13.8. The van der Waals surface area contributed by atoms with E-state index in [9.17, 15) is 9.18 Å². The molecule has 0 aliphatic carbocycles. The molecule has 0 aliphatic heterocycles. The summed E-state index contributed by atoms with van der Waals surface area (Å²) < 4.78 is 16.1. The Morgan fingerprint density at radius 1 is 1.19 bits per heavy atom. The lowest BCUT2D eigenvalue weighted by Crippen LogP contribution is -2.19. The molecule has 5 nitrogen and oxygen atoms in total. The van der Waals surface area contributed by atoms with Gasteiger partial charge in [-0.15, -0.1) is 0 Å². The summed E-state index contributed by atoms with van der Waals surface area (Å²) in [5, 5.41) is 4.74. The molecule has 0 unspecified atom stereocenters. The van der Waals surface area contributed by atoms with Gasteiger partial charge >= 0.3 is 5.69 Å². The van der Waals surface area contributed by atoms with E-state index >= 15 is 0 Å². The highest BCUT2D eigenvalue weighted by molar-refractivity contribution is 9.10. The number of aryl methyl sites for hydroxylation is 1. The van der Waals surface area contributed by atoms with Crippen molar-refractivity contribution in [2.24, 2.45) is 0 Å². The van der Waals surface area contributed by atoms with Gasteiger partial charge in [-0.05, 0) is 36.2 Å². The van der Waals surface area contributed by atoms with Crippen LogP contribution in [-0.4, -0.2) is 19.6 Å². The summed E-state index contributed by atoms with van der Waals surface area (Å²) in [7, 11) is 0. The van der Waals surface area contributed by atoms with Crippen LogP contribution in [0.25, 0.3) is 16.8 Å². The molecule has 0 radical (unpaired) electrons. The third-order valence-electron chi connectivity index (χ3n) is 4.10. The minimum Gasteiger partial charge on any atom is -0.285 e. The maximum Gasteiger partial charge on any atom is 0.350 e. The number of hydrogen-bond donors (Lipinski definition) is 1. The van der Waals surface area contributed by atoms with E-state index in [0.717, 1.165) is 15.6 Å². The lowest BCUT2D eigenvalue weighted by molar-refractivity contribution is 0.617. The number of rotatable bonds is 4. The van der Waals surface area contributed by atoms with Crippen molar-refractivity contribution in [3.8, 4) is 11.1 Å². The summed E-state index contributed by atoms with van der Waals surface area (Å²) in [4.78, 5) is 19.7. The number of nitrogens with zero attached hydrogens (tertiary/aromatic N) is 3. The van der Waals surface area contributed by atoms with Gasteiger partial charge < -0.3 is 0 Å². The zero-order valence-electron chi connectivity index (χ0n) is 14.2. The minimum atomic E-state index is -0.373. The van der Waals surface area contributed by atoms with Gasteiger partial charge in [-0.1, -0.05) is 58.0 Å². The SMILES string of the molecule is Cc1nn2c(=O)[nH]c(SCc3ccccc3F)nc2c1-c1ccc(Br)cc1. The predicted octanol–water partition coefficient (Wildman–Crippen LogP) is 4.59. The maximum atomic E-state index is 13.8. The first kappa shape index (κ1) is 17.9. The summed E-state index contributed by atoms with van der Waals surface area (Å²) >= 11 is 4.70. The molecule has 2 aromatic heterocycles. The van der Waals surface area contributed by atoms with Crippen LogP contribution in [-0.2, 0) is 5.75 Å². The van der Waals surface area contributed by atoms with Crippen LogP contribution in [0.4, 0.5) is 4.39 Å². The van der Waals surface area contributed by atoms with Crippen LogP contribution in [0.5, 0.6) is 0 Å². The molecule has 0 atom stereocenters. The molecule has 8 heteroatoms. The van der Waals surface area contributed by atoms with Crippen LogP contribution in [0.3, 0.4) is 0 Å². The van der Waals surface area contributed by atoms with Crippen LogP contribution < -0.4 is 5.69 Å². The van der Waals surface area contributed by atoms with Crippen molar-refractivity contribution in [1.82, 2.24) is 19.6 Å². The van der Waals surface area contributed by atoms with Gasteiger partial charge in [-0.3, -0.25) is 4.98 Å². The Hall–Kier alpha value is -2.45. The summed E-state index contributed by atoms with van der Waals surface area (Å²) in [6, 6.07) is 14.3. The Morgan fingerprint density at radius 2 is 1.93 bits per heavy atom. The third-order valence-corrected chi connectivity index (χ3v) is 5.56. The highest BCUT2D eigenvalue weighted by Crippen LogP contribution is 2.29. The molecular weight excluding hydrogens is 431 g/mol. The second kappa shape index (κ2) is 7.28. The molecule has 0 spiro atoms. The van der Waals surface area contributed by atoms with E-state index in [1.807, 2.05) is 31.2 Å². The van der Waals surface area contributed by atoms with Gasteiger partial charge in [0.2, 0.25) is 0 Å². The van der Waals surface area contributed by atoms with Gasteiger partial charge in [0, 0.05) is 15.8 Å². The number of nitrogens with one attached hydrogen (secondary N) is 1. The smallest absolute Gasteiger partial charge is 0.285 e. The fourth-order valence-electron chi connectivity index (χ4n) is 2.81. The monoisotopic (exact) mass is 444 g/mol. The quantitative estimate of drug-likeness (QED) is 0.467. The van der Waals surface area contributed by atoms with Crippen LogP contribution in [0.1, 0.15) is 11.3 Å². The highest BCUT2D eigenvalue weighted by atomic mass is 79.9. The molecule has 2 heterocycles. The van der Waals surface area contributed by atoms with Gasteiger partial charge in [0.15, 0.2) is 10.8 Å². The fourth-order valence-corrected chi connectivity index (χ4v) is 3.91. The van der Waals surface area contributed by atoms with Gasteiger partial charge in [-0.2, -0.15) is 9.61 Å². The van der Waals surface area contributed by atoms with Crippen molar-refractivity contribution in [3.05, 3.63) is 80.6 Å². The van der Waals surface area contributed by atoms with Crippen LogP contribution in [0.15, 0.2) is 63.0 Å². The van der Waals surface area contributed by atoms with Crippen molar-refractivity contribution in [3.63, 3.8) is 0 Å². The molecule has 0 bridgehead atoms. The van der Waals surface area contributed by atoms with Crippen molar-refractivity contribution in [2.45, 2.75) is 17.8 Å². The number of aromatic amines is 1. The molecule has 0 amide bonds. The molecule has 0 aliphatic rings. The minimum absolute atomic E-state index is 0.274. The first-order chi connectivity index (χ1) is 13.0. The Morgan fingerprint density at radius 3 is 2.67 bits per heavy atom. The molecule has 0 saturated heterocycles. The number of thioether (sulfide) groups is 1. The number of benzene rings is 2. The topological polar surface area (TPSA) is 63.1 Å². The largest absolute Gasteiger partial charge is 0.350 e. The average molecular weight is 445 g/mol. The summed E-state index contributed by atoms with van der Waals surface area (Å²) in [5.74, 6) is 0.0937. The van der Waals surface area contributed by atoms with Gasteiger partial charge in [0.25, 0.3) is 0 Å². The Kier molecular flexibility index (Phi) is 4.84. The zero-order valence-corrected chi connectivity index (χ0v) is 16.6. The summed E-state index contributed by atoms with van der Waals surface area (Å²) in [6.45, 7) is 1.84. The number of fused-ring (bicyclic) bond motifs is 1. The number of aromatic nitrogens is 4. The van der Waals surface area contributed by atoms with E-state index in [-0.39, 0.29) is 11.5 Å². The van der Waals surface area contributed by atoms with E-state index in [1.54, 1.807) is 18.2 Å². The number of halogens is 2. The summed E-state index contributed by atoms with van der Waals surface area (Å²) in [6.07, 6.45) is 0. The highest BCUT2D eigenvalue weighted by Gasteiger charge is 2.16. The van der Waals surface area contributed by atoms with Crippen molar-refractivity contribution >= 4 is 33.3 Å². The second-order valence-electron chi connectivity index (χ2n) is 5.93. The first-order valence-electron chi connectivity index (χ1n) is 8.15. The lowest BCUT2D eigenvalue weighted by atomic mass is 10.1. The Balaban J connectivity index is 1.76. The van der Waals surface area contributed by atoms with Gasteiger partial charge in [0.1, 0.15) is 5.82 Å². The molecule has 136 valence electrons. The zero-order chi connectivity index (χ0) is 19.0. The molecule has 4 rings (SSSR count). The molecular formula is C19H14BrFN4OS. The van der Waals surface area contributed by atoms with Gasteiger partial charge in [-0.25, -0.2) is 14.2 Å². The molecule has 27 heavy (non-hydrogen) atoms. The van der Waals surface area contributed by atoms with E-state index < -0.39 is 0 Å². The fraction of sp³-hybridized carbons (Fsp3) is 0.105. The first-order valence-corrected chi connectivity index (χ1v) is 9.92. The third kappa shape index (κ3) is 3.54. The summed E-state index contributed by atoms with van der Waals surface area (Å²) in [5.41, 5.74) is 3.11. The van der Waals surface area contributed by atoms with Crippen LogP contribution in [0, 0.1) is 12.7 Å². The van der Waals surface area contributed by atoms with Crippen molar-refractivity contribution < 1.29 is 4.39 Å². The van der Waals surface area contributed by atoms with E-state index in [1.165, 1.54) is 22.3 Å². The van der Waals surface area contributed by atoms with Crippen molar-refractivity contribution in [1.29, 1.82) is 0 Å². The lowest BCUT2D eigenvalue weighted by Gasteiger charge is -2.04. The molecule has 0 saturated carbocycles. The number of hydrogen-bond acceptors (Lipinski definition) is 4. The van der Waals surface area contributed by atoms with Crippen LogP contribution >= 0.6 is 27.7 Å². The normalized spacial score (nSPS) is 11.2. The molecule has 2 aromatic carbocycles. The van der Waals surface area contributed by atoms with E-state index in [0.29, 0.717) is 27.8 Å². The molecule has 1 N–H and O–H groups in total. The average Bonchev–Trinajstić information content (AvgIpc) is 2.98. The van der Waals surface area contributed by atoms with E-state index in [4.69, 9.17) is 0 Å². The Bertz CT molecular complexity index is 1190. The molecule has 0 fully saturated rings. The number of H-pyrrole nitrogens is 1. The Labute approximate surface area is 166 Å². The van der Waals surface area contributed by atoms with Gasteiger partial charge in [0.05, 0.1) is 5.69 Å². The predicted molar refractivity (Wildman–Crippen MR) is 107 cm³/mol. The molecule has 4 aromatic rings.